The number of hydrogen-bond donors (Lipinski definition) is 0. The van der Waals surface area contributed by atoms with Gasteiger partial charge in [0, 0.05) is 32.3 Å². The molecule has 0 aromatic heterocycles. The highest BCUT2D eigenvalue weighted by molar-refractivity contribution is 6.14. The summed E-state index contributed by atoms with van der Waals surface area (Å²) in [5, 5.41) is 7.18. The molecule has 0 atom stereocenters. The van der Waals surface area contributed by atoms with Crippen molar-refractivity contribution in [1.82, 2.24) is 0 Å². The third-order valence-corrected chi connectivity index (χ3v) is 5.53. The molecule has 1 fully saturated rings. The van der Waals surface area contributed by atoms with Gasteiger partial charge < -0.3 is 0 Å². The Morgan fingerprint density at radius 3 is 1.52 bits per heavy atom. The molecule has 1 aliphatic rings. The average Bonchev–Trinajstić information content (AvgIpc) is 2.73. The van der Waals surface area contributed by atoms with E-state index in [-0.39, 0.29) is 11.2 Å². The van der Waals surface area contributed by atoms with E-state index in [0.29, 0.717) is 30.1 Å². The van der Waals surface area contributed by atoms with Crippen molar-refractivity contribution in [1.29, 1.82) is 0 Å². The lowest BCUT2D eigenvalue weighted by atomic mass is 9.68. The molecule has 0 radical (unpaired) electrons. The van der Waals surface area contributed by atoms with Crippen LogP contribution in [0.1, 0.15) is 44.7 Å². The van der Waals surface area contributed by atoms with Crippen LogP contribution in [0.3, 0.4) is 0 Å². The minimum atomic E-state index is 0.0512. The average molecular weight is 412 g/mol. The number of rotatable bonds is 4. The van der Waals surface area contributed by atoms with Gasteiger partial charge in [-0.2, -0.15) is 0 Å². The van der Waals surface area contributed by atoms with Crippen LogP contribution in [0.15, 0.2) is 69.9 Å². The van der Waals surface area contributed by atoms with Gasteiger partial charge in [0.1, 0.15) is 0 Å². The van der Waals surface area contributed by atoms with Gasteiger partial charge in [-0.15, -0.1) is 0 Å². The molecule has 3 rings (SSSR count). The Morgan fingerprint density at radius 2 is 1.19 bits per heavy atom. The second-order valence-corrected chi connectivity index (χ2v) is 8.70. The van der Waals surface area contributed by atoms with Crippen molar-refractivity contribution in [2.24, 2.45) is 21.6 Å². The first-order valence-electron chi connectivity index (χ1n) is 10.1. The van der Waals surface area contributed by atoms with Crippen LogP contribution in [0.2, 0.25) is 0 Å². The number of Topliss-reactive ketones (excluding diaryl/α,β-unsaturated/α-hetero) is 1. The van der Waals surface area contributed by atoms with E-state index in [1.165, 1.54) is 0 Å². The standard InChI is InChI=1S/C24H24N6O/c1-24(2,3)20-14-18(12-16-4-8-21(9-5-16)27-29-25)23(31)19(15-20)13-17-6-10-22(11-7-17)28-30-26/h4-13,20H,14-15H2,1-3H3/b18-12+,19-13+. The molecular weight excluding hydrogens is 388 g/mol. The summed E-state index contributed by atoms with van der Waals surface area (Å²) in [4.78, 5) is 18.9. The van der Waals surface area contributed by atoms with E-state index in [4.69, 9.17) is 11.1 Å². The smallest absolute Gasteiger partial charge is 0.185 e. The Bertz CT molecular complexity index is 1040. The second-order valence-electron chi connectivity index (χ2n) is 8.70. The SMILES string of the molecule is CC(C)(C)C1C/C(=C\c2ccc(N=[N+]=[N-])cc2)C(=O)/C(=C/c2ccc(N=[N+]=[N-])cc2)C1. The van der Waals surface area contributed by atoms with E-state index in [1.54, 1.807) is 24.3 Å². The molecule has 156 valence electrons. The monoisotopic (exact) mass is 412 g/mol. The molecule has 0 aliphatic heterocycles. The molecule has 0 bridgehead atoms. The summed E-state index contributed by atoms with van der Waals surface area (Å²) < 4.78 is 0. The number of ketones is 1. The summed E-state index contributed by atoms with van der Waals surface area (Å²) in [6.07, 6.45) is 5.29. The fourth-order valence-corrected chi connectivity index (χ4v) is 3.64. The number of hydrogen-bond acceptors (Lipinski definition) is 3. The number of nitrogens with zero attached hydrogens (tertiary/aromatic N) is 6. The Hall–Kier alpha value is -3.79. The van der Waals surface area contributed by atoms with Crippen molar-refractivity contribution in [2.75, 3.05) is 0 Å². The Labute approximate surface area is 181 Å². The predicted molar refractivity (Wildman–Crippen MR) is 124 cm³/mol. The summed E-state index contributed by atoms with van der Waals surface area (Å²) in [5.41, 5.74) is 21.6. The molecular formula is C24H24N6O. The summed E-state index contributed by atoms with van der Waals surface area (Å²) >= 11 is 0. The lowest BCUT2D eigenvalue weighted by molar-refractivity contribution is -0.113. The van der Waals surface area contributed by atoms with Crippen LogP contribution >= 0.6 is 0 Å². The lowest BCUT2D eigenvalue weighted by Gasteiger charge is -2.35. The zero-order valence-electron chi connectivity index (χ0n) is 17.9. The van der Waals surface area contributed by atoms with E-state index in [2.05, 4.69) is 40.8 Å². The molecule has 0 amide bonds. The molecule has 1 aliphatic carbocycles. The molecule has 2 aromatic rings. The van der Waals surface area contributed by atoms with Crippen molar-refractivity contribution in [3.63, 3.8) is 0 Å². The van der Waals surface area contributed by atoms with Crippen molar-refractivity contribution >= 4 is 29.3 Å². The van der Waals surface area contributed by atoms with Crippen LogP contribution in [-0.4, -0.2) is 5.78 Å². The highest BCUT2D eigenvalue weighted by Crippen LogP contribution is 2.42. The minimum absolute atomic E-state index is 0.0512. The Balaban J connectivity index is 1.96. The molecule has 0 spiro atoms. The van der Waals surface area contributed by atoms with Crippen molar-refractivity contribution in [3.8, 4) is 0 Å². The van der Waals surface area contributed by atoms with E-state index in [0.717, 1.165) is 22.3 Å². The molecule has 31 heavy (non-hydrogen) atoms. The van der Waals surface area contributed by atoms with Crippen molar-refractivity contribution < 1.29 is 4.79 Å². The van der Waals surface area contributed by atoms with E-state index in [9.17, 15) is 4.79 Å². The highest BCUT2D eigenvalue weighted by Gasteiger charge is 2.34. The second kappa shape index (κ2) is 9.35. The van der Waals surface area contributed by atoms with Gasteiger partial charge in [0.25, 0.3) is 0 Å². The van der Waals surface area contributed by atoms with Crippen LogP contribution in [0.5, 0.6) is 0 Å². The summed E-state index contributed by atoms with van der Waals surface area (Å²) in [7, 11) is 0. The maximum atomic E-state index is 13.3. The summed E-state index contributed by atoms with van der Waals surface area (Å²) in [6, 6.07) is 14.4. The van der Waals surface area contributed by atoms with Gasteiger partial charge in [-0.1, -0.05) is 79.5 Å². The van der Waals surface area contributed by atoms with Gasteiger partial charge in [0.2, 0.25) is 0 Å². The van der Waals surface area contributed by atoms with Crippen LogP contribution in [0, 0.1) is 11.3 Å². The number of carbonyl (C=O) groups excluding carboxylic acids is 1. The number of allylic oxidation sites excluding steroid dienone is 2. The zero-order chi connectivity index (χ0) is 22.4. The number of carbonyl (C=O) groups is 1. The van der Waals surface area contributed by atoms with Gasteiger partial charge in [-0.05, 0) is 58.5 Å². The quantitative estimate of drug-likeness (QED) is 0.215. The normalized spacial score (nSPS) is 19.1. The molecule has 7 heteroatoms. The first-order valence-corrected chi connectivity index (χ1v) is 10.1. The highest BCUT2D eigenvalue weighted by atomic mass is 16.1. The Kier molecular flexibility index (Phi) is 6.61. The predicted octanol–water partition coefficient (Wildman–Crippen LogP) is 8.06. The molecule has 2 aromatic carbocycles. The maximum Gasteiger partial charge on any atom is 0.185 e. The Morgan fingerprint density at radius 1 is 0.806 bits per heavy atom. The molecule has 1 saturated carbocycles. The first kappa shape index (κ1) is 21.9. The fraction of sp³-hybridized carbons (Fsp3) is 0.292. The largest absolute Gasteiger partial charge is 0.289 e. The van der Waals surface area contributed by atoms with Crippen molar-refractivity contribution in [2.45, 2.75) is 33.6 Å². The molecule has 0 saturated heterocycles. The maximum absolute atomic E-state index is 13.3. The minimum Gasteiger partial charge on any atom is -0.289 e. The van der Waals surface area contributed by atoms with Gasteiger partial charge in [-0.3, -0.25) is 4.79 Å². The number of benzene rings is 2. The molecule has 0 N–H and O–H groups in total. The summed E-state index contributed by atoms with van der Waals surface area (Å²) in [6.45, 7) is 6.60. The van der Waals surface area contributed by atoms with E-state index < -0.39 is 0 Å². The van der Waals surface area contributed by atoms with E-state index in [1.807, 2.05) is 36.4 Å². The first-order chi connectivity index (χ1) is 14.8. The number of azide groups is 2. The van der Waals surface area contributed by atoms with Gasteiger partial charge in [-0.25, -0.2) is 0 Å². The van der Waals surface area contributed by atoms with Crippen LogP contribution < -0.4 is 0 Å². The molecule has 0 unspecified atom stereocenters. The fourth-order valence-electron chi connectivity index (χ4n) is 3.64. The van der Waals surface area contributed by atoms with Gasteiger partial charge in [0.05, 0.1) is 0 Å². The van der Waals surface area contributed by atoms with Crippen molar-refractivity contribution in [3.05, 3.63) is 91.7 Å². The summed E-state index contributed by atoms with van der Waals surface area (Å²) in [5.74, 6) is 0.381. The topological polar surface area (TPSA) is 115 Å². The van der Waals surface area contributed by atoms with Crippen LogP contribution in [0.25, 0.3) is 33.0 Å². The van der Waals surface area contributed by atoms with E-state index >= 15 is 0 Å². The van der Waals surface area contributed by atoms with Crippen LogP contribution in [0.4, 0.5) is 11.4 Å². The van der Waals surface area contributed by atoms with Gasteiger partial charge >= 0.3 is 0 Å². The van der Waals surface area contributed by atoms with Crippen LogP contribution in [-0.2, 0) is 4.79 Å². The molecule has 7 nitrogen and oxygen atoms in total. The van der Waals surface area contributed by atoms with Gasteiger partial charge in [0.15, 0.2) is 5.78 Å². The lowest BCUT2D eigenvalue weighted by Crippen LogP contribution is -2.29. The zero-order valence-corrected chi connectivity index (χ0v) is 17.9. The third-order valence-electron chi connectivity index (χ3n) is 5.53. The third kappa shape index (κ3) is 5.64. The molecule has 0 heterocycles.